The third-order valence-electron chi connectivity index (χ3n) is 5.36. The van der Waals surface area contributed by atoms with Crippen LogP contribution in [0.5, 0.6) is 5.75 Å². The molecule has 0 atom stereocenters. The number of benzene rings is 2. The third kappa shape index (κ3) is 6.24. The lowest BCUT2D eigenvalue weighted by molar-refractivity contribution is -0.155. The summed E-state index contributed by atoms with van der Waals surface area (Å²) in [5, 5.41) is 4.18. The predicted molar refractivity (Wildman–Crippen MR) is 144 cm³/mol. The van der Waals surface area contributed by atoms with E-state index in [-0.39, 0.29) is 12.5 Å². The van der Waals surface area contributed by atoms with Gasteiger partial charge in [0.25, 0.3) is 5.91 Å². The Bertz CT molecular complexity index is 1480. The van der Waals surface area contributed by atoms with Crippen molar-refractivity contribution in [3.8, 4) is 17.0 Å². The second-order valence-electron chi connectivity index (χ2n) is 9.48. The molecule has 2 aromatic heterocycles. The molecule has 0 aliphatic rings. The van der Waals surface area contributed by atoms with Crippen molar-refractivity contribution in [2.45, 2.75) is 53.2 Å². The van der Waals surface area contributed by atoms with Crippen molar-refractivity contribution in [1.82, 2.24) is 9.55 Å². The number of carbonyl (C=O) groups excluding carboxylic acids is 3. The summed E-state index contributed by atoms with van der Waals surface area (Å²) in [6.07, 6.45) is 0.708. The molecule has 2 aromatic carbocycles. The highest BCUT2D eigenvalue weighted by molar-refractivity contribution is 7.16. The minimum Gasteiger partial charge on any atom is -0.459 e. The molecule has 4 aromatic rings. The summed E-state index contributed by atoms with van der Waals surface area (Å²) in [7, 11) is 0. The number of aromatic nitrogens is 2. The quantitative estimate of drug-likeness (QED) is 0.243. The van der Waals surface area contributed by atoms with Crippen molar-refractivity contribution in [3.63, 3.8) is 0 Å². The fourth-order valence-electron chi connectivity index (χ4n) is 3.98. The summed E-state index contributed by atoms with van der Waals surface area (Å²) < 4.78 is 12.4. The van der Waals surface area contributed by atoms with Crippen LogP contribution in [0.3, 0.4) is 0 Å². The Morgan fingerprint density at radius 3 is 2.51 bits per heavy atom. The average Bonchev–Trinajstić information content (AvgIpc) is 3.39. The molecule has 0 bridgehead atoms. The van der Waals surface area contributed by atoms with Crippen molar-refractivity contribution in [2.24, 2.45) is 0 Å². The highest BCUT2D eigenvalue weighted by atomic mass is 32.1. The van der Waals surface area contributed by atoms with Crippen LogP contribution in [-0.4, -0.2) is 33.0 Å². The molecule has 0 aliphatic heterocycles. The Morgan fingerprint density at radius 2 is 1.81 bits per heavy atom. The molecule has 0 saturated heterocycles. The number of esters is 2. The number of nitrogens with zero attached hydrogens (tertiary/aromatic N) is 2. The molecular formula is C28H29N3O5S. The highest BCUT2D eigenvalue weighted by Crippen LogP contribution is 2.33. The van der Waals surface area contributed by atoms with E-state index in [2.05, 4.69) is 10.3 Å². The zero-order valence-electron chi connectivity index (χ0n) is 21.5. The van der Waals surface area contributed by atoms with Crippen molar-refractivity contribution in [1.29, 1.82) is 0 Å². The molecule has 192 valence electrons. The summed E-state index contributed by atoms with van der Waals surface area (Å²) in [5.74, 6) is -0.782. The fraction of sp³-hybridized carbons (Fsp3) is 0.286. The van der Waals surface area contributed by atoms with E-state index >= 15 is 0 Å². The van der Waals surface area contributed by atoms with E-state index in [1.54, 1.807) is 49.6 Å². The number of hydrogen-bond donors (Lipinski definition) is 1. The molecule has 4 rings (SSSR count). The number of fused-ring (bicyclic) bond motifs is 1. The molecule has 0 saturated carbocycles. The Hall–Kier alpha value is -3.98. The maximum atomic E-state index is 13.4. The third-order valence-corrected chi connectivity index (χ3v) is 6.47. The van der Waals surface area contributed by atoms with Crippen LogP contribution in [-0.2, 0) is 27.3 Å². The first-order chi connectivity index (χ1) is 17.5. The molecule has 1 amide bonds. The smallest absolute Gasteiger partial charge is 0.326 e. The van der Waals surface area contributed by atoms with Gasteiger partial charge in [-0.05, 0) is 51.5 Å². The van der Waals surface area contributed by atoms with Gasteiger partial charge in [-0.1, -0.05) is 37.3 Å². The number of thiazole rings is 1. The molecule has 37 heavy (non-hydrogen) atoms. The second kappa shape index (κ2) is 10.6. The lowest BCUT2D eigenvalue weighted by atomic mass is 10.1. The fourth-order valence-corrected chi connectivity index (χ4v) is 4.89. The van der Waals surface area contributed by atoms with Gasteiger partial charge in [0, 0.05) is 28.3 Å². The van der Waals surface area contributed by atoms with Crippen molar-refractivity contribution >= 4 is 45.2 Å². The van der Waals surface area contributed by atoms with Crippen LogP contribution < -0.4 is 10.1 Å². The number of amides is 1. The molecule has 8 nitrogen and oxygen atoms in total. The van der Waals surface area contributed by atoms with Gasteiger partial charge in [-0.25, -0.2) is 4.98 Å². The van der Waals surface area contributed by atoms with Gasteiger partial charge in [0.1, 0.15) is 23.6 Å². The zero-order chi connectivity index (χ0) is 26.7. The Morgan fingerprint density at radius 1 is 1.05 bits per heavy atom. The maximum absolute atomic E-state index is 13.4. The summed E-state index contributed by atoms with van der Waals surface area (Å²) in [5.41, 5.74) is 1.95. The Kier molecular flexibility index (Phi) is 7.45. The monoisotopic (exact) mass is 519 g/mol. The van der Waals surface area contributed by atoms with Crippen LogP contribution in [0.4, 0.5) is 5.13 Å². The summed E-state index contributed by atoms with van der Waals surface area (Å²) >= 11 is 1.38. The number of nitrogens with one attached hydrogen (secondary N) is 1. The summed E-state index contributed by atoms with van der Waals surface area (Å²) in [6.45, 7) is 8.68. The van der Waals surface area contributed by atoms with Gasteiger partial charge in [-0.3, -0.25) is 19.7 Å². The van der Waals surface area contributed by atoms with Crippen molar-refractivity contribution in [3.05, 3.63) is 65.2 Å². The molecule has 0 fully saturated rings. The predicted octanol–water partition coefficient (Wildman–Crippen LogP) is 5.85. The van der Waals surface area contributed by atoms with Crippen molar-refractivity contribution in [2.75, 3.05) is 5.32 Å². The maximum Gasteiger partial charge on any atom is 0.326 e. The second-order valence-corrected chi connectivity index (χ2v) is 10.6. The molecule has 0 radical (unpaired) electrons. The number of carbonyl (C=O) groups is 3. The standard InChI is InChI=1S/C28H29N3O5S/c1-6-23-25(19-11-9-12-20(14-19)35-17(2)32)29-27(37-23)30-26(34)22-15-18-10-7-8-13-21(18)31(22)16-24(33)36-28(3,4)5/h7-15H,6,16H2,1-5H3,(H,29,30,34). The number of ether oxygens (including phenoxy) is 2. The lowest BCUT2D eigenvalue weighted by Gasteiger charge is -2.20. The van der Waals surface area contributed by atoms with Gasteiger partial charge in [0.05, 0.1) is 5.69 Å². The largest absolute Gasteiger partial charge is 0.459 e. The SMILES string of the molecule is CCc1sc(NC(=O)c2cc3ccccc3n2CC(=O)OC(C)(C)C)nc1-c1cccc(OC(C)=O)c1. The first-order valence-electron chi connectivity index (χ1n) is 11.9. The lowest BCUT2D eigenvalue weighted by Crippen LogP contribution is -2.28. The Balaban J connectivity index is 1.64. The van der Waals surface area contributed by atoms with Gasteiger partial charge in [-0.15, -0.1) is 11.3 Å². The molecule has 1 N–H and O–H groups in total. The minimum absolute atomic E-state index is 0.0974. The van der Waals surface area contributed by atoms with E-state index in [9.17, 15) is 14.4 Å². The van der Waals surface area contributed by atoms with Crippen molar-refractivity contribution < 1.29 is 23.9 Å². The molecule has 2 heterocycles. The number of hydrogen-bond acceptors (Lipinski definition) is 7. The number of rotatable bonds is 7. The number of anilines is 1. The average molecular weight is 520 g/mol. The van der Waals surface area contributed by atoms with Gasteiger partial charge in [0.15, 0.2) is 5.13 Å². The first-order valence-corrected chi connectivity index (χ1v) is 12.8. The number of aryl methyl sites for hydroxylation is 1. The molecule has 9 heteroatoms. The summed E-state index contributed by atoms with van der Waals surface area (Å²) in [4.78, 5) is 43.1. The van der Waals surface area contributed by atoms with E-state index in [1.807, 2.05) is 37.3 Å². The van der Waals surface area contributed by atoms with E-state index in [0.717, 1.165) is 21.3 Å². The highest BCUT2D eigenvalue weighted by Gasteiger charge is 2.23. The number of para-hydroxylation sites is 1. The normalized spacial score (nSPS) is 11.4. The van der Waals surface area contributed by atoms with E-state index in [4.69, 9.17) is 9.47 Å². The van der Waals surface area contributed by atoms with Gasteiger partial charge in [-0.2, -0.15) is 0 Å². The van der Waals surface area contributed by atoms with Crippen LogP contribution in [0.15, 0.2) is 54.6 Å². The van der Waals surface area contributed by atoms with Crippen LogP contribution >= 0.6 is 11.3 Å². The minimum atomic E-state index is -0.636. The van der Waals surface area contributed by atoms with Crippen LogP contribution in [0.25, 0.3) is 22.2 Å². The van der Waals surface area contributed by atoms with Gasteiger partial charge in [0.2, 0.25) is 0 Å². The molecular weight excluding hydrogens is 490 g/mol. The first kappa shape index (κ1) is 26.1. The van der Waals surface area contributed by atoms with Crippen LogP contribution in [0.2, 0.25) is 0 Å². The molecule has 0 unspecified atom stereocenters. The van der Waals surface area contributed by atoms with Crippen LogP contribution in [0, 0.1) is 0 Å². The topological polar surface area (TPSA) is 99.5 Å². The zero-order valence-corrected chi connectivity index (χ0v) is 22.3. The molecule has 0 aliphatic carbocycles. The van der Waals surface area contributed by atoms with E-state index in [0.29, 0.717) is 28.7 Å². The summed E-state index contributed by atoms with van der Waals surface area (Å²) in [6, 6.07) is 16.4. The van der Waals surface area contributed by atoms with Gasteiger partial charge < -0.3 is 14.0 Å². The van der Waals surface area contributed by atoms with Crippen LogP contribution in [0.1, 0.15) is 50.0 Å². The van der Waals surface area contributed by atoms with Gasteiger partial charge >= 0.3 is 11.9 Å². The molecule has 0 spiro atoms. The Labute approximate surface area is 219 Å². The van der Waals surface area contributed by atoms with E-state index in [1.165, 1.54) is 18.3 Å². The van der Waals surface area contributed by atoms with E-state index < -0.39 is 17.5 Å².